The number of carbonyl (C=O) groups excluding carboxylic acids is 3. The highest BCUT2D eigenvalue weighted by atomic mass is 32.1. The number of hydrogen-bond donors (Lipinski definition) is 3. The SMILES string of the molecule is CC(=O)c1c(C)[nH]c(C(=O)NNC(=O)c2cc3c(s2)CCCCCC3)c1C. The summed E-state index contributed by atoms with van der Waals surface area (Å²) in [5.74, 6) is -0.875. The predicted molar refractivity (Wildman–Crippen MR) is 105 cm³/mol. The van der Waals surface area contributed by atoms with E-state index in [1.807, 2.05) is 6.07 Å². The molecule has 6 nitrogen and oxygen atoms in total. The van der Waals surface area contributed by atoms with Crippen molar-refractivity contribution in [1.82, 2.24) is 15.8 Å². The van der Waals surface area contributed by atoms with Gasteiger partial charge in [0, 0.05) is 16.1 Å². The van der Waals surface area contributed by atoms with Crippen LogP contribution in [0.1, 0.15) is 84.8 Å². The Bertz CT molecular complexity index is 869. The fourth-order valence-electron chi connectivity index (χ4n) is 3.70. The molecule has 0 radical (unpaired) electrons. The lowest BCUT2D eigenvalue weighted by Crippen LogP contribution is -2.41. The molecule has 2 heterocycles. The molecule has 2 amide bonds. The van der Waals surface area contributed by atoms with Crippen molar-refractivity contribution in [2.24, 2.45) is 0 Å². The molecule has 27 heavy (non-hydrogen) atoms. The average Bonchev–Trinajstić information content (AvgIpc) is 3.12. The van der Waals surface area contributed by atoms with Crippen LogP contribution in [-0.2, 0) is 12.8 Å². The largest absolute Gasteiger partial charge is 0.354 e. The molecule has 3 N–H and O–H groups in total. The maximum atomic E-state index is 12.5. The highest BCUT2D eigenvalue weighted by Crippen LogP contribution is 2.28. The van der Waals surface area contributed by atoms with Crippen molar-refractivity contribution in [3.8, 4) is 0 Å². The van der Waals surface area contributed by atoms with E-state index in [2.05, 4.69) is 15.8 Å². The van der Waals surface area contributed by atoms with Crippen LogP contribution in [0.25, 0.3) is 0 Å². The quantitative estimate of drug-likeness (QED) is 0.555. The zero-order valence-corrected chi connectivity index (χ0v) is 16.8. The first kappa shape index (κ1) is 19.4. The number of aryl methyl sites for hydroxylation is 3. The summed E-state index contributed by atoms with van der Waals surface area (Å²) in [5.41, 5.74) is 8.24. The highest BCUT2D eigenvalue weighted by Gasteiger charge is 2.21. The van der Waals surface area contributed by atoms with Crippen LogP contribution >= 0.6 is 11.3 Å². The molecule has 0 aromatic carbocycles. The van der Waals surface area contributed by atoms with Gasteiger partial charge in [0.1, 0.15) is 5.69 Å². The summed E-state index contributed by atoms with van der Waals surface area (Å²) in [6, 6.07) is 1.95. The zero-order valence-electron chi connectivity index (χ0n) is 16.0. The fourth-order valence-corrected chi connectivity index (χ4v) is 4.85. The Morgan fingerprint density at radius 3 is 2.33 bits per heavy atom. The number of hydrogen-bond acceptors (Lipinski definition) is 4. The molecule has 144 valence electrons. The number of Topliss-reactive ketones (excluding diaryl/α,β-unsaturated/α-hetero) is 1. The van der Waals surface area contributed by atoms with Crippen molar-refractivity contribution in [1.29, 1.82) is 0 Å². The normalized spacial score (nSPS) is 14.0. The molecule has 0 fully saturated rings. The molecule has 0 spiro atoms. The van der Waals surface area contributed by atoms with Crippen molar-refractivity contribution in [3.05, 3.63) is 43.9 Å². The van der Waals surface area contributed by atoms with E-state index in [1.54, 1.807) is 13.8 Å². The maximum Gasteiger partial charge on any atom is 0.286 e. The molecule has 1 aliphatic carbocycles. The fraction of sp³-hybridized carbons (Fsp3) is 0.450. The topological polar surface area (TPSA) is 91.1 Å². The predicted octanol–water partition coefficient (Wildman–Crippen LogP) is 3.63. The lowest BCUT2D eigenvalue weighted by molar-refractivity contribution is 0.0846. The standard InChI is InChI=1S/C20H25N3O3S/c1-11-17(13(3)24)12(2)21-18(11)20(26)23-22-19(25)16-10-14-8-6-4-5-7-9-15(14)27-16/h10,21H,4-9H2,1-3H3,(H,22,25)(H,23,26). The number of rotatable bonds is 3. The summed E-state index contributed by atoms with van der Waals surface area (Å²) in [6.45, 7) is 4.94. The molecular weight excluding hydrogens is 362 g/mol. The van der Waals surface area contributed by atoms with Gasteiger partial charge in [-0.1, -0.05) is 12.8 Å². The number of aromatic amines is 1. The van der Waals surface area contributed by atoms with Gasteiger partial charge in [-0.2, -0.15) is 0 Å². The highest BCUT2D eigenvalue weighted by molar-refractivity contribution is 7.14. The third-order valence-corrected chi connectivity index (χ3v) is 6.26. The summed E-state index contributed by atoms with van der Waals surface area (Å²) >= 11 is 1.51. The second kappa shape index (κ2) is 8.08. The van der Waals surface area contributed by atoms with Crippen LogP contribution in [0, 0.1) is 13.8 Å². The monoisotopic (exact) mass is 387 g/mol. The molecule has 1 aliphatic rings. The van der Waals surface area contributed by atoms with Crippen LogP contribution in [0.3, 0.4) is 0 Å². The third kappa shape index (κ3) is 4.13. The Balaban J connectivity index is 1.67. The minimum atomic E-state index is -0.466. The summed E-state index contributed by atoms with van der Waals surface area (Å²) in [7, 11) is 0. The number of amides is 2. The van der Waals surface area contributed by atoms with Gasteiger partial charge in [0.15, 0.2) is 5.78 Å². The van der Waals surface area contributed by atoms with E-state index in [4.69, 9.17) is 0 Å². The van der Waals surface area contributed by atoms with Crippen LogP contribution < -0.4 is 10.9 Å². The molecule has 3 rings (SSSR count). The second-order valence-electron chi connectivity index (χ2n) is 7.06. The van der Waals surface area contributed by atoms with Gasteiger partial charge < -0.3 is 4.98 Å². The van der Waals surface area contributed by atoms with Gasteiger partial charge in [0.25, 0.3) is 11.8 Å². The van der Waals surface area contributed by atoms with Crippen molar-refractivity contribution >= 4 is 28.9 Å². The molecule has 2 aromatic heterocycles. The van der Waals surface area contributed by atoms with E-state index >= 15 is 0 Å². The van der Waals surface area contributed by atoms with Crippen molar-refractivity contribution < 1.29 is 14.4 Å². The number of ketones is 1. The van der Waals surface area contributed by atoms with E-state index < -0.39 is 5.91 Å². The van der Waals surface area contributed by atoms with Gasteiger partial charge >= 0.3 is 0 Å². The number of nitrogens with one attached hydrogen (secondary N) is 3. The molecule has 0 bridgehead atoms. The minimum absolute atomic E-state index is 0.0969. The van der Waals surface area contributed by atoms with Crippen molar-refractivity contribution in [2.45, 2.75) is 59.3 Å². The van der Waals surface area contributed by atoms with Gasteiger partial charge in [-0.15, -0.1) is 11.3 Å². The zero-order chi connectivity index (χ0) is 19.6. The number of carbonyl (C=O) groups is 3. The van der Waals surface area contributed by atoms with Crippen LogP contribution in [0.5, 0.6) is 0 Å². The molecule has 7 heteroatoms. The Morgan fingerprint density at radius 2 is 1.67 bits per heavy atom. The number of thiophene rings is 1. The van der Waals surface area contributed by atoms with E-state index in [9.17, 15) is 14.4 Å². The molecule has 0 unspecified atom stereocenters. The van der Waals surface area contributed by atoms with Crippen molar-refractivity contribution in [3.63, 3.8) is 0 Å². The lowest BCUT2D eigenvalue weighted by atomic mass is 10.00. The van der Waals surface area contributed by atoms with E-state index in [0.29, 0.717) is 21.7 Å². The second-order valence-corrected chi connectivity index (χ2v) is 8.20. The molecule has 0 saturated heterocycles. The first-order valence-electron chi connectivity index (χ1n) is 9.31. The van der Waals surface area contributed by atoms with E-state index in [-0.39, 0.29) is 17.4 Å². The van der Waals surface area contributed by atoms with Crippen LogP contribution in [0.15, 0.2) is 6.07 Å². The number of aromatic nitrogens is 1. The van der Waals surface area contributed by atoms with Crippen LogP contribution in [0.2, 0.25) is 0 Å². The Hall–Kier alpha value is -2.41. The van der Waals surface area contributed by atoms with Gasteiger partial charge in [-0.25, -0.2) is 0 Å². The maximum absolute atomic E-state index is 12.5. The third-order valence-electron chi connectivity index (χ3n) is 5.03. The lowest BCUT2D eigenvalue weighted by Gasteiger charge is -2.07. The summed E-state index contributed by atoms with van der Waals surface area (Å²) < 4.78 is 0. The first-order chi connectivity index (χ1) is 12.9. The van der Waals surface area contributed by atoms with Gasteiger partial charge in [0.2, 0.25) is 0 Å². The van der Waals surface area contributed by atoms with Crippen molar-refractivity contribution in [2.75, 3.05) is 0 Å². The van der Waals surface area contributed by atoms with Crippen LogP contribution in [-0.4, -0.2) is 22.6 Å². The average molecular weight is 388 g/mol. The van der Waals surface area contributed by atoms with E-state index in [1.165, 1.54) is 41.5 Å². The summed E-state index contributed by atoms with van der Waals surface area (Å²) in [4.78, 5) is 41.4. The van der Waals surface area contributed by atoms with Gasteiger partial charge in [-0.3, -0.25) is 25.2 Å². The molecule has 0 atom stereocenters. The first-order valence-corrected chi connectivity index (χ1v) is 10.1. The van der Waals surface area contributed by atoms with Gasteiger partial charge in [-0.05, 0) is 63.6 Å². The smallest absolute Gasteiger partial charge is 0.286 e. The van der Waals surface area contributed by atoms with Gasteiger partial charge in [0.05, 0.1) is 4.88 Å². The van der Waals surface area contributed by atoms with Crippen LogP contribution in [0.4, 0.5) is 0 Å². The number of hydrazine groups is 1. The Morgan fingerprint density at radius 1 is 1.00 bits per heavy atom. The minimum Gasteiger partial charge on any atom is -0.354 e. The molecular formula is C20H25N3O3S. The summed E-state index contributed by atoms with van der Waals surface area (Å²) in [5, 5.41) is 0. The molecule has 0 aliphatic heterocycles. The molecule has 2 aromatic rings. The Kier molecular flexibility index (Phi) is 5.79. The number of H-pyrrole nitrogens is 1. The number of fused-ring (bicyclic) bond motifs is 1. The van der Waals surface area contributed by atoms with E-state index in [0.717, 1.165) is 25.7 Å². The summed E-state index contributed by atoms with van der Waals surface area (Å²) in [6.07, 6.45) is 6.84. The molecule has 0 saturated carbocycles. The Labute approximate surface area is 162 Å².